The molecule has 134 valence electrons. The van der Waals surface area contributed by atoms with Crippen molar-refractivity contribution in [2.75, 3.05) is 19.6 Å². The van der Waals surface area contributed by atoms with E-state index in [0.29, 0.717) is 13.1 Å². The molecule has 0 bridgehead atoms. The van der Waals surface area contributed by atoms with Crippen LogP contribution in [0.3, 0.4) is 0 Å². The highest BCUT2D eigenvalue weighted by Crippen LogP contribution is 2.23. The first-order valence-electron chi connectivity index (χ1n) is 7.53. The molecule has 1 aromatic rings. The van der Waals surface area contributed by atoms with Crippen molar-refractivity contribution in [1.29, 1.82) is 0 Å². The number of sulfonamides is 1. The van der Waals surface area contributed by atoms with Crippen molar-refractivity contribution < 1.29 is 23.1 Å². The van der Waals surface area contributed by atoms with Crippen LogP contribution in [0.5, 0.6) is 0 Å². The smallest absolute Gasteiger partial charge is 0.303 e. The number of carbonyl (C=O) groups is 2. The molecule has 7 nitrogen and oxygen atoms in total. The Hall–Kier alpha value is -1.64. The van der Waals surface area contributed by atoms with Crippen LogP contribution in [0.4, 0.5) is 0 Å². The zero-order valence-corrected chi connectivity index (χ0v) is 15.2. The summed E-state index contributed by atoms with van der Waals surface area (Å²) in [5.74, 6) is -1.49. The molecule has 0 aliphatic heterocycles. The maximum Gasteiger partial charge on any atom is 0.303 e. The molecule has 1 rings (SSSR count). The lowest BCUT2D eigenvalue weighted by Gasteiger charge is -2.19. The topological polar surface area (TPSA) is 104 Å². The summed E-state index contributed by atoms with van der Waals surface area (Å²) in [7, 11) is -3.69. The van der Waals surface area contributed by atoms with Gasteiger partial charge in [0.25, 0.3) is 5.91 Å². The lowest BCUT2D eigenvalue weighted by molar-refractivity contribution is -0.137. The number of amides is 1. The normalized spacial score (nSPS) is 11.5. The average Bonchev–Trinajstić information content (AvgIpc) is 2.52. The number of aliphatic carboxylic acids is 1. The van der Waals surface area contributed by atoms with Gasteiger partial charge in [0.15, 0.2) is 0 Å². The van der Waals surface area contributed by atoms with Crippen molar-refractivity contribution in [3.05, 3.63) is 28.8 Å². The van der Waals surface area contributed by atoms with Gasteiger partial charge in [-0.15, -0.1) is 0 Å². The predicted octanol–water partition coefficient (Wildman–Crippen LogP) is 1.97. The summed E-state index contributed by atoms with van der Waals surface area (Å²) < 4.78 is 26.3. The van der Waals surface area contributed by atoms with E-state index in [-0.39, 0.29) is 34.9 Å². The number of benzene rings is 1. The molecular formula is C15H21ClN2O5S. The first kappa shape index (κ1) is 20.4. The summed E-state index contributed by atoms with van der Waals surface area (Å²) in [6, 6.07) is 3.96. The Morgan fingerprint density at radius 1 is 1.25 bits per heavy atom. The van der Waals surface area contributed by atoms with Crippen molar-refractivity contribution in [3.63, 3.8) is 0 Å². The maximum atomic E-state index is 12.5. The molecular weight excluding hydrogens is 356 g/mol. The van der Waals surface area contributed by atoms with Crippen molar-refractivity contribution >= 4 is 33.5 Å². The van der Waals surface area contributed by atoms with Gasteiger partial charge in [-0.25, -0.2) is 8.42 Å². The highest BCUT2D eigenvalue weighted by Gasteiger charge is 2.23. The number of nitrogens with one attached hydrogen (secondary N) is 1. The first-order valence-corrected chi connectivity index (χ1v) is 9.35. The molecule has 0 radical (unpaired) electrons. The van der Waals surface area contributed by atoms with E-state index < -0.39 is 21.9 Å². The van der Waals surface area contributed by atoms with Crippen LogP contribution in [-0.2, 0) is 14.8 Å². The van der Waals surface area contributed by atoms with Gasteiger partial charge in [-0.05, 0) is 24.6 Å². The van der Waals surface area contributed by atoms with Gasteiger partial charge in [0.2, 0.25) is 10.0 Å². The van der Waals surface area contributed by atoms with E-state index in [4.69, 9.17) is 16.7 Å². The van der Waals surface area contributed by atoms with Gasteiger partial charge in [0, 0.05) is 26.1 Å². The number of hydrogen-bond donors (Lipinski definition) is 2. The maximum absolute atomic E-state index is 12.5. The first-order chi connectivity index (χ1) is 11.2. The molecule has 0 unspecified atom stereocenters. The molecule has 2 N–H and O–H groups in total. The number of halogens is 1. The third-order valence-electron chi connectivity index (χ3n) is 3.38. The van der Waals surface area contributed by atoms with Crippen LogP contribution in [0, 0.1) is 0 Å². The molecule has 0 saturated carbocycles. The molecule has 24 heavy (non-hydrogen) atoms. The largest absolute Gasteiger partial charge is 0.481 e. The minimum Gasteiger partial charge on any atom is -0.481 e. The lowest BCUT2D eigenvalue weighted by Crippen LogP contribution is -2.31. The van der Waals surface area contributed by atoms with Crippen LogP contribution in [-0.4, -0.2) is 49.3 Å². The van der Waals surface area contributed by atoms with E-state index >= 15 is 0 Å². The SMILES string of the molecule is CCN(CC)S(=O)(=O)c1ccc(Cl)c(C(=O)NCCCC(=O)O)c1. The van der Waals surface area contributed by atoms with Crippen LogP contribution in [0.15, 0.2) is 23.1 Å². The summed E-state index contributed by atoms with van der Waals surface area (Å²) in [4.78, 5) is 22.6. The predicted molar refractivity (Wildman–Crippen MR) is 90.8 cm³/mol. The Kier molecular flexibility index (Phi) is 7.65. The van der Waals surface area contributed by atoms with Gasteiger partial charge in [0.1, 0.15) is 0 Å². The number of carboxylic acid groups (broad SMARTS) is 1. The Labute approximate surface area is 146 Å². The molecule has 0 fully saturated rings. The van der Waals surface area contributed by atoms with E-state index in [9.17, 15) is 18.0 Å². The molecule has 1 aromatic carbocycles. The number of hydrogen-bond acceptors (Lipinski definition) is 4. The monoisotopic (exact) mass is 376 g/mol. The van der Waals surface area contributed by atoms with Crippen LogP contribution in [0.2, 0.25) is 5.02 Å². The summed E-state index contributed by atoms with van der Waals surface area (Å²) in [5.41, 5.74) is 0.0419. The van der Waals surface area contributed by atoms with Gasteiger partial charge >= 0.3 is 5.97 Å². The van der Waals surface area contributed by atoms with Gasteiger partial charge in [0.05, 0.1) is 15.5 Å². The second kappa shape index (κ2) is 9.00. The minimum absolute atomic E-state index is 0.00807. The summed E-state index contributed by atoms with van der Waals surface area (Å²) in [6.45, 7) is 4.25. The number of carboxylic acids is 1. The summed E-state index contributed by atoms with van der Waals surface area (Å²) >= 11 is 5.99. The zero-order chi connectivity index (χ0) is 18.3. The number of nitrogens with zero attached hydrogens (tertiary/aromatic N) is 1. The van der Waals surface area contributed by atoms with Crippen molar-refractivity contribution in [1.82, 2.24) is 9.62 Å². The average molecular weight is 377 g/mol. The van der Waals surface area contributed by atoms with E-state index in [1.165, 1.54) is 22.5 Å². The van der Waals surface area contributed by atoms with Crippen molar-refractivity contribution in [3.8, 4) is 0 Å². The Bertz CT molecular complexity index is 702. The van der Waals surface area contributed by atoms with Gasteiger partial charge in [-0.3, -0.25) is 9.59 Å². The molecule has 0 aromatic heterocycles. The highest BCUT2D eigenvalue weighted by molar-refractivity contribution is 7.89. The van der Waals surface area contributed by atoms with Crippen molar-refractivity contribution in [2.24, 2.45) is 0 Å². The van der Waals surface area contributed by atoms with Crippen LogP contribution in [0.1, 0.15) is 37.0 Å². The molecule has 0 aliphatic carbocycles. The third-order valence-corrected chi connectivity index (χ3v) is 5.75. The van der Waals surface area contributed by atoms with E-state index in [2.05, 4.69) is 5.32 Å². The fourth-order valence-electron chi connectivity index (χ4n) is 2.09. The van der Waals surface area contributed by atoms with E-state index in [1.54, 1.807) is 13.8 Å². The zero-order valence-electron chi connectivity index (χ0n) is 13.6. The fraction of sp³-hybridized carbons (Fsp3) is 0.467. The summed E-state index contributed by atoms with van der Waals surface area (Å²) in [5, 5.41) is 11.2. The molecule has 0 heterocycles. The van der Waals surface area contributed by atoms with Gasteiger partial charge < -0.3 is 10.4 Å². The van der Waals surface area contributed by atoms with Crippen LogP contribution >= 0.6 is 11.6 Å². The van der Waals surface area contributed by atoms with Gasteiger partial charge in [-0.2, -0.15) is 4.31 Å². The lowest BCUT2D eigenvalue weighted by atomic mass is 10.2. The van der Waals surface area contributed by atoms with E-state index in [0.717, 1.165) is 0 Å². The molecule has 9 heteroatoms. The second-order valence-electron chi connectivity index (χ2n) is 4.98. The molecule has 1 amide bonds. The molecule has 0 atom stereocenters. The Morgan fingerprint density at radius 2 is 1.88 bits per heavy atom. The third kappa shape index (κ3) is 5.19. The Morgan fingerprint density at radius 3 is 2.42 bits per heavy atom. The summed E-state index contributed by atoms with van der Waals surface area (Å²) in [6.07, 6.45) is 0.209. The number of carbonyl (C=O) groups excluding carboxylic acids is 1. The molecule has 0 aliphatic rings. The van der Waals surface area contributed by atoms with E-state index in [1.807, 2.05) is 0 Å². The minimum atomic E-state index is -3.69. The van der Waals surface area contributed by atoms with Crippen molar-refractivity contribution in [2.45, 2.75) is 31.6 Å². The van der Waals surface area contributed by atoms with Crippen LogP contribution in [0.25, 0.3) is 0 Å². The quantitative estimate of drug-likeness (QED) is 0.641. The van der Waals surface area contributed by atoms with Crippen LogP contribution < -0.4 is 5.32 Å². The van der Waals surface area contributed by atoms with Gasteiger partial charge in [-0.1, -0.05) is 25.4 Å². The fourth-order valence-corrected chi connectivity index (χ4v) is 3.78. The standard InChI is InChI=1S/C15H21ClN2O5S/c1-3-18(4-2)24(22,23)11-7-8-13(16)12(10-11)15(21)17-9-5-6-14(19)20/h7-8,10H,3-6,9H2,1-2H3,(H,17,21)(H,19,20). The molecule has 0 saturated heterocycles. The second-order valence-corrected chi connectivity index (χ2v) is 7.33. The molecule has 0 spiro atoms. The Balaban J connectivity index is 2.97. The number of rotatable bonds is 9. The highest BCUT2D eigenvalue weighted by atomic mass is 35.5.